The number of ether oxygens (including phenoxy) is 4. The van der Waals surface area contributed by atoms with Crippen molar-refractivity contribution in [3.8, 4) is 17.2 Å². The van der Waals surface area contributed by atoms with Gasteiger partial charge in [-0.05, 0) is 118 Å². The van der Waals surface area contributed by atoms with Crippen LogP contribution in [0.4, 0.5) is 11.4 Å². The molecule has 308 valence electrons. The first-order chi connectivity index (χ1) is 29.1. The van der Waals surface area contributed by atoms with Gasteiger partial charge in [0.15, 0.2) is 11.5 Å². The molecule has 11 nitrogen and oxygen atoms in total. The second-order valence-electron chi connectivity index (χ2n) is 17.4. The molecule has 6 aromatic rings. The summed E-state index contributed by atoms with van der Waals surface area (Å²) in [6.07, 6.45) is 3.40. The van der Waals surface area contributed by atoms with Crippen molar-refractivity contribution in [2.24, 2.45) is 0 Å². The molecular weight excluding hydrogens is 757 g/mol. The smallest absolute Gasteiger partial charge is 0.338 e. The molecule has 1 N–H and O–H groups in total. The quantitative estimate of drug-likeness (QED) is 0.153. The molecule has 1 atom stereocenters. The Morgan fingerprint density at radius 1 is 0.850 bits per heavy atom. The van der Waals surface area contributed by atoms with Crippen molar-refractivity contribution in [2.45, 2.75) is 71.2 Å². The van der Waals surface area contributed by atoms with Crippen molar-refractivity contribution in [3.05, 3.63) is 130 Å². The fraction of sp³-hybridized carbons (Fsp3) is 0.347. The summed E-state index contributed by atoms with van der Waals surface area (Å²) in [5.41, 5.74) is 8.84. The topological polar surface area (TPSA) is 105 Å². The summed E-state index contributed by atoms with van der Waals surface area (Å²) in [7, 11) is 0. The number of benzene rings is 4. The highest BCUT2D eigenvalue weighted by Gasteiger charge is 2.36. The number of rotatable bonds is 8. The van der Waals surface area contributed by atoms with Crippen molar-refractivity contribution < 1.29 is 33.6 Å². The number of anilines is 2. The number of hydrogen-bond acceptors (Lipinski definition) is 9. The molecule has 11 heteroatoms. The van der Waals surface area contributed by atoms with E-state index >= 15 is 4.79 Å². The minimum atomic E-state index is -0.649. The third-order valence-corrected chi connectivity index (χ3v) is 12.3. The number of aromatic nitrogens is 1. The number of fused-ring (bicyclic) bond motifs is 4. The molecule has 60 heavy (non-hydrogen) atoms. The number of hydrogen-bond donors (Lipinski definition) is 1. The number of nitrogens with zero attached hydrogens (tertiary/aromatic N) is 4. The first-order valence-electron chi connectivity index (χ1n) is 21.1. The van der Waals surface area contributed by atoms with Crippen LogP contribution < -0.4 is 19.3 Å². The van der Waals surface area contributed by atoms with E-state index in [0.29, 0.717) is 22.6 Å². The van der Waals surface area contributed by atoms with E-state index < -0.39 is 11.6 Å². The number of aryl methyl sites for hydroxylation is 2. The van der Waals surface area contributed by atoms with Gasteiger partial charge in [0.05, 0.1) is 42.1 Å². The van der Waals surface area contributed by atoms with Crippen LogP contribution >= 0.6 is 0 Å². The van der Waals surface area contributed by atoms with Gasteiger partial charge in [-0.1, -0.05) is 36.4 Å². The zero-order valence-corrected chi connectivity index (χ0v) is 34.4. The lowest BCUT2D eigenvalue weighted by molar-refractivity contribution is 0.00692. The predicted molar refractivity (Wildman–Crippen MR) is 231 cm³/mol. The number of phenolic OH excluding ortho intramolecular Hbond substituents is 1. The van der Waals surface area contributed by atoms with Crippen molar-refractivity contribution in [3.63, 3.8) is 0 Å². The number of carbonyl (C=O) groups excluding carboxylic acids is 2. The predicted octanol–water partition coefficient (Wildman–Crippen LogP) is 8.08. The van der Waals surface area contributed by atoms with E-state index in [0.717, 1.165) is 98.4 Å². The fourth-order valence-corrected chi connectivity index (χ4v) is 9.54. The number of phenols is 1. The van der Waals surface area contributed by atoms with E-state index in [1.54, 1.807) is 41.3 Å². The van der Waals surface area contributed by atoms with Gasteiger partial charge in [-0.15, -0.1) is 0 Å². The summed E-state index contributed by atoms with van der Waals surface area (Å²) in [4.78, 5) is 35.4. The van der Waals surface area contributed by atoms with Crippen molar-refractivity contribution >= 4 is 39.5 Å². The summed E-state index contributed by atoms with van der Waals surface area (Å²) in [5, 5.41) is 12.4. The molecule has 0 bridgehead atoms. The molecule has 10 rings (SSSR count). The van der Waals surface area contributed by atoms with Crippen LogP contribution in [0.2, 0.25) is 0 Å². The summed E-state index contributed by atoms with van der Waals surface area (Å²) in [6.45, 7) is 10.9. The van der Waals surface area contributed by atoms with E-state index in [1.165, 1.54) is 22.5 Å². The Labute approximate surface area is 349 Å². The van der Waals surface area contributed by atoms with Crippen LogP contribution in [0.5, 0.6) is 17.2 Å². The molecule has 2 aromatic heterocycles. The number of morpholine rings is 1. The SMILES string of the molecule is CC(C)(C)OC(=O)c1cccc(CN(C(=O)c2cc3c4cc5c(cc4c(N4Cc6ccccc6C[C@H]4CN4CCOCC4)c4n3c2CCC4)OCO5)c2ccc(O)cc2)c1. The zero-order valence-electron chi connectivity index (χ0n) is 34.4. The molecular formula is C49H50N4O7. The maximum absolute atomic E-state index is 15.3. The Morgan fingerprint density at radius 2 is 1.58 bits per heavy atom. The Bertz CT molecular complexity index is 2640. The minimum Gasteiger partial charge on any atom is -0.508 e. The Balaban J connectivity index is 1.12. The van der Waals surface area contributed by atoms with Gasteiger partial charge in [0, 0.05) is 60.1 Å². The molecule has 4 aliphatic heterocycles. The van der Waals surface area contributed by atoms with E-state index in [9.17, 15) is 9.90 Å². The van der Waals surface area contributed by atoms with Gasteiger partial charge >= 0.3 is 5.97 Å². The standard InChI is InChI=1S/C49H50N4O7/c1-49(2,3)60-48(56)33-11-6-8-31(22-33)27-52(35-14-16-37(54)17-15-35)47(55)40-24-43-38-25-44-45(59-30-58-44)26-39(38)46(42-13-7-12-41(40)53(42)43)51-28-34-10-5-4-9-32(34)23-36(51)29-50-18-20-57-21-19-50/h4-6,8-11,14-17,22,24-26,36,54H,7,12-13,18-21,23,27-30H2,1-3H3/t36-/m0/s1. The van der Waals surface area contributed by atoms with E-state index in [-0.39, 0.29) is 31.0 Å². The lowest BCUT2D eigenvalue weighted by Crippen LogP contribution is -2.50. The second-order valence-corrected chi connectivity index (χ2v) is 17.4. The van der Waals surface area contributed by atoms with Crippen LogP contribution in [0.25, 0.3) is 16.3 Å². The highest BCUT2D eigenvalue weighted by molar-refractivity contribution is 6.12. The second kappa shape index (κ2) is 15.2. The molecule has 1 amide bonds. The van der Waals surface area contributed by atoms with E-state index in [2.05, 4.69) is 56.7 Å². The molecule has 4 aliphatic rings. The van der Waals surface area contributed by atoms with Gasteiger partial charge in [0.1, 0.15) is 11.4 Å². The highest BCUT2D eigenvalue weighted by Crippen LogP contribution is 2.47. The van der Waals surface area contributed by atoms with Gasteiger partial charge in [-0.25, -0.2) is 4.79 Å². The molecule has 0 radical (unpaired) electrons. The average Bonchev–Trinajstić information content (AvgIpc) is 3.88. The largest absolute Gasteiger partial charge is 0.508 e. The first-order valence-corrected chi connectivity index (χ1v) is 21.1. The summed E-state index contributed by atoms with van der Waals surface area (Å²) in [5.74, 6) is 0.948. The van der Waals surface area contributed by atoms with Gasteiger partial charge in [0.2, 0.25) is 6.79 Å². The number of aromatic hydroxyl groups is 1. The number of esters is 1. The van der Waals surface area contributed by atoms with E-state index in [4.69, 9.17) is 18.9 Å². The Kier molecular flexibility index (Phi) is 9.68. The van der Waals surface area contributed by atoms with Crippen molar-refractivity contribution in [1.29, 1.82) is 0 Å². The third kappa shape index (κ3) is 7.09. The average molecular weight is 807 g/mol. The summed E-state index contributed by atoms with van der Waals surface area (Å²) < 4.78 is 25.8. The zero-order chi connectivity index (χ0) is 41.1. The van der Waals surface area contributed by atoms with Crippen molar-refractivity contribution in [2.75, 3.05) is 49.4 Å². The first kappa shape index (κ1) is 38.2. The minimum absolute atomic E-state index is 0.109. The van der Waals surface area contributed by atoms with Crippen molar-refractivity contribution in [1.82, 2.24) is 9.30 Å². The molecule has 0 unspecified atom stereocenters. The van der Waals surface area contributed by atoms with E-state index in [1.807, 2.05) is 32.9 Å². The Morgan fingerprint density at radius 3 is 2.35 bits per heavy atom. The monoisotopic (exact) mass is 806 g/mol. The van der Waals surface area contributed by atoms with Crippen LogP contribution in [-0.4, -0.2) is 77.6 Å². The number of amides is 1. The molecule has 0 spiro atoms. The lowest BCUT2D eigenvalue weighted by Gasteiger charge is -2.43. The van der Waals surface area contributed by atoms with Crippen LogP contribution in [-0.2, 0) is 41.8 Å². The maximum atomic E-state index is 15.3. The van der Waals surface area contributed by atoms with Crippen LogP contribution in [0.15, 0.2) is 91.0 Å². The Hall–Kier alpha value is -6.04. The molecule has 6 heterocycles. The highest BCUT2D eigenvalue weighted by atomic mass is 16.7. The molecule has 0 saturated carbocycles. The lowest BCUT2D eigenvalue weighted by atomic mass is 9.91. The summed E-state index contributed by atoms with van der Waals surface area (Å²) >= 11 is 0. The fourth-order valence-electron chi connectivity index (χ4n) is 9.54. The molecule has 1 fully saturated rings. The third-order valence-electron chi connectivity index (χ3n) is 12.3. The van der Waals surface area contributed by atoms with Gasteiger partial charge in [-0.2, -0.15) is 0 Å². The van der Waals surface area contributed by atoms with Crippen LogP contribution in [0, 0.1) is 0 Å². The van der Waals surface area contributed by atoms with Crippen LogP contribution in [0.3, 0.4) is 0 Å². The number of pyridine rings is 1. The van der Waals surface area contributed by atoms with Gasteiger partial charge in [-0.3, -0.25) is 9.69 Å². The molecule has 0 aliphatic carbocycles. The van der Waals surface area contributed by atoms with Gasteiger partial charge in [0.25, 0.3) is 5.91 Å². The molecule has 4 aromatic carbocycles. The van der Waals surface area contributed by atoms with Gasteiger partial charge < -0.3 is 38.3 Å². The summed E-state index contributed by atoms with van der Waals surface area (Å²) in [6, 6.07) is 29.3. The maximum Gasteiger partial charge on any atom is 0.338 e. The normalized spacial score (nSPS) is 17.5. The molecule has 1 saturated heterocycles. The number of carbonyl (C=O) groups is 2. The van der Waals surface area contributed by atoms with Crippen LogP contribution in [0.1, 0.15) is 76.0 Å².